The van der Waals surface area contributed by atoms with E-state index in [0.29, 0.717) is 24.5 Å². The first-order valence-corrected chi connectivity index (χ1v) is 7.46. The van der Waals surface area contributed by atoms with E-state index in [-0.39, 0.29) is 17.7 Å². The van der Waals surface area contributed by atoms with Gasteiger partial charge in [0.25, 0.3) is 5.91 Å². The van der Waals surface area contributed by atoms with Crippen LogP contribution in [0.25, 0.3) is 0 Å². The molecule has 0 atom stereocenters. The predicted molar refractivity (Wildman–Crippen MR) is 80.5 cm³/mol. The summed E-state index contributed by atoms with van der Waals surface area (Å²) in [4.78, 5) is 24.6. The van der Waals surface area contributed by atoms with E-state index >= 15 is 0 Å². The van der Waals surface area contributed by atoms with E-state index in [1.54, 1.807) is 12.1 Å². The fourth-order valence-corrected chi connectivity index (χ4v) is 2.71. The summed E-state index contributed by atoms with van der Waals surface area (Å²) in [5.41, 5.74) is 2.36. The number of fused-ring (bicyclic) bond motifs is 1. The molecule has 112 valence electrons. The zero-order valence-electron chi connectivity index (χ0n) is 12.0. The second-order valence-corrected chi connectivity index (χ2v) is 5.72. The Labute approximate surface area is 127 Å². The third kappa shape index (κ3) is 2.21. The molecule has 0 radical (unpaired) electrons. The highest BCUT2D eigenvalue weighted by Gasteiger charge is 2.35. The lowest BCUT2D eigenvalue weighted by Crippen LogP contribution is -2.19. The van der Waals surface area contributed by atoms with E-state index < -0.39 is 0 Å². The van der Waals surface area contributed by atoms with E-state index in [0.717, 1.165) is 24.1 Å². The highest BCUT2D eigenvalue weighted by molar-refractivity contribution is 6.04. The van der Waals surface area contributed by atoms with Gasteiger partial charge in [-0.05, 0) is 25.0 Å². The Morgan fingerprint density at radius 3 is 2.68 bits per heavy atom. The van der Waals surface area contributed by atoms with Crippen molar-refractivity contribution in [2.24, 2.45) is 5.92 Å². The van der Waals surface area contributed by atoms with Crippen molar-refractivity contribution in [3.63, 3.8) is 0 Å². The van der Waals surface area contributed by atoms with Crippen molar-refractivity contribution >= 4 is 17.6 Å². The van der Waals surface area contributed by atoms with E-state index in [9.17, 15) is 9.59 Å². The minimum absolute atomic E-state index is 0.0418. The highest BCUT2D eigenvalue weighted by atomic mass is 16.2. The molecule has 1 aliphatic carbocycles. The molecule has 1 saturated carbocycles. The van der Waals surface area contributed by atoms with Crippen molar-refractivity contribution < 1.29 is 9.59 Å². The first-order valence-electron chi connectivity index (χ1n) is 7.46. The molecule has 6 nitrogen and oxygen atoms in total. The maximum atomic E-state index is 12.3. The van der Waals surface area contributed by atoms with Crippen molar-refractivity contribution in [1.29, 1.82) is 0 Å². The molecular weight excluding hydrogens is 280 g/mol. The highest BCUT2D eigenvalue weighted by Crippen LogP contribution is 2.33. The third-order valence-corrected chi connectivity index (χ3v) is 4.09. The fraction of sp³-hybridized carbons (Fsp3) is 0.312. The molecule has 0 saturated heterocycles. The average Bonchev–Trinajstić information content (AvgIpc) is 3.19. The maximum Gasteiger partial charge on any atom is 0.256 e. The van der Waals surface area contributed by atoms with Crippen LogP contribution in [0.2, 0.25) is 0 Å². The minimum atomic E-state index is -0.209. The van der Waals surface area contributed by atoms with Gasteiger partial charge in [-0.3, -0.25) is 9.59 Å². The molecule has 2 heterocycles. The van der Waals surface area contributed by atoms with Crippen LogP contribution in [0.15, 0.2) is 30.3 Å². The van der Waals surface area contributed by atoms with Crippen LogP contribution in [-0.2, 0) is 13.1 Å². The Morgan fingerprint density at radius 1 is 1.18 bits per heavy atom. The van der Waals surface area contributed by atoms with Crippen molar-refractivity contribution in [2.45, 2.75) is 25.9 Å². The second-order valence-electron chi connectivity index (χ2n) is 5.72. The number of hydrogen-bond donors (Lipinski definition) is 2. The summed E-state index contributed by atoms with van der Waals surface area (Å²) >= 11 is 0. The molecule has 1 amide bonds. The number of rotatable bonds is 3. The molecule has 2 N–H and O–H groups in total. The molecule has 6 heteroatoms. The number of anilines is 1. The van der Waals surface area contributed by atoms with Crippen LogP contribution in [-0.4, -0.2) is 21.6 Å². The summed E-state index contributed by atoms with van der Waals surface area (Å²) in [6.07, 6.45) is 1.87. The number of carbonyl (C=O) groups excluding carboxylic acids is 2. The molecule has 1 aromatic carbocycles. The molecule has 1 aromatic heterocycles. The fourth-order valence-electron chi connectivity index (χ4n) is 2.71. The third-order valence-electron chi connectivity index (χ3n) is 4.09. The van der Waals surface area contributed by atoms with Crippen LogP contribution in [0.3, 0.4) is 0 Å². The van der Waals surface area contributed by atoms with Gasteiger partial charge in [-0.15, -0.1) is 5.10 Å². The van der Waals surface area contributed by atoms with Crippen molar-refractivity contribution in [1.82, 2.24) is 15.1 Å². The zero-order valence-corrected chi connectivity index (χ0v) is 12.0. The lowest BCUT2D eigenvalue weighted by molar-refractivity contribution is 0.0865. The van der Waals surface area contributed by atoms with Gasteiger partial charge in [-0.1, -0.05) is 18.2 Å². The van der Waals surface area contributed by atoms with E-state index in [4.69, 9.17) is 0 Å². The number of nitrogens with one attached hydrogen (secondary N) is 2. The largest absolute Gasteiger partial charge is 0.307 e. The van der Waals surface area contributed by atoms with Crippen LogP contribution in [0, 0.1) is 5.92 Å². The van der Waals surface area contributed by atoms with Gasteiger partial charge in [-0.25, -0.2) is 4.68 Å². The second kappa shape index (κ2) is 5.06. The smallest absolute Gasteiger partial charge is 0.256 e. The molecule has 1 aliphatic heterocycles. The van der Waals surface area contributed by atoms with Gasteiger partial charge in [0.15, 0.2) is 5.82 Å². The first kappa shape index (κ1) is 13.2. The molecule has 2 aliphatic rings. The summed E-state index contributed by atoms with van der Waals surface area (Å²) in [5.74, 6) is 0.420. The van der Waals surface area contributed by atoms with Gasteiger partial charge in [-0.2, -0.15) is 0 Å². The summed E-state index contributed by atoms with van der Waals surface area (Å²) in [6, 6.07) is 8.99. The topological polar surface area (TPSA) is 76.0 Å². The quantitative estimate of drug-likeness (QED) is 0.905. The van der Waals surface area contributed by atoms with E-state index in [1.165, 1.54) is 4.68 Å². The Hall–Kier alpha value is -2.47. The zero-order chi connectivity index (χ0) is 15.1. The number of hydrogen-bond acceptors (Lipinski definition) is 4. The Morgan fingerprint density at radius 2 is 1.95 bits per heavy atom. The van der Waals surface area contributed by atoms with Gasteiger partial charge in [0.2, 0.25) is 5.91 Å². The molecule has 0 bridgehead atoms. The molecule has 0 spiro atoms. The van der Waals surface area contributed by atoms with Gasteiger partial charge < -0.3 is 10.6 Å². The average molecular weight is 296 g/mol. The number of aromatic nitrogens is 2. The molecule has 1 fully saturated rings. The lowest BCUT2D eigenvalue weighted by atomic mass is 10.2. The Bertz CT molecular complexity index is 747. The summed E-state index contributed by atoms with van der Waals surface area (Å²) in [7, 11) is 0. The van der Waals surface area contributed by atoms with Gasteiger partial charge >= 0.3 is 0 Å². The Kier molecular flexibility index (Phi) is 3.04. The monoisotopic (exact) mass is 296 g/mol. The lowest BCUT2D eigenvalue weighted by Gasteiger charge is -2.04. The van der Waals surface area contributed by atoms with Crippen LogP contribution in [0.5, 0.6) is 0 Å². The van der Waals surface area contributed by atoms with Gasteiger partial charge in [0.05, 0.1) is 5.69 Å². The van der Waals surface area contributed by atoms with Crippen LogP contribution in [0.1, 0.15) is 39.3 Å². The molecule has 2 aromatic rings. The number of carbonyl (C=O) groups is 2. The van der Waals surface area contributed by atoms with Crippen molar-refractivity contribution in [3.8, 4) is 0 Å². The number of nitrogens with zero attached hydrogens (tertiary/aromatic N) is 2. The normalized spacial score (nSPS) is 16.4. The van der Waals surface area contributed by atoms with Gasteiger partial charge in [0.1, 0.15) is 0 Å². The summed E-state index contributed by atoms with van der Waals surface area (Å²) in [6.45, 7) is 1.24. The van der Waals surface area contributed by atoms with Crippen LogP contribution >= 0.6 is 0 Å². The van der Waals surface area contributed by atoms with Crippen LogP contribution in [0.4, 0.5) is 5.82 Å². The molecule has 0 unspecified atom stereocenters. The molecule has 4 rings (SSSR count). The Balaban J connectivity index is 1.63. The molecule has 22 heavy (non-hydrogen) atoms. The predicted octanol–water partition coefficient (Wildman–Crippen LogP) is 1.79. The van der Waals surface area contributed by atoms with E-state index in [2.05, 4.69) is 15.7 Å². The number of benzene rings is 1. The minimum Gasteiger partial charge on any atom is -0.307 e. The van der Waals surface area contributed by atoms with Gasteiger partial charge in [0, 0.05) is 30.1 Å². The van der Waals surface area contributed by atoms with Crippen molar-refractivity contribution in [3.05, 3.63) is 47.2 Å². The van der Waals surface area contributed by atoms with Crippen molar-refractivity contribution in [2.75, 3.05) is 5.32 Å². The summed E-state index contributed by atoms with van der Waals surface area (Å²) in [5, 5.41) is 10.4. The van der Waals surface area contributed by atoms with E-state index in [1.807, 2.05) is 18.2 Å². The van der Waals surface area contributed by atoms with Crippen LogP contribution < -0.4 is 10.6 Å². The maximum absolute atomic E-state index is 12.3. The molecular formula is C16H16N4O2. The summed E-state index contributed by atoms with van der Waals surface area (Å²) < 4.78 is 1.48. The standard InChI is InChI=1S/C16H16N4O2/c21-15(10-4-2-1-3-5-10)18-14-12-8-17-9-13(12)20(19-14)16(22)11-6-7-11/h1-5,11,17H,6-9H2,(H,18,19,21). The number of amides is 1. The first-order chi connectivity index (χ1) is 10.7. The SMILES string of the molecule is O=C(Nc1nn(C(=O)C2CC2)c2c1CNC2)c1ccccc1.